The molecule has 10 nitrogen and oxygen atoms in total. The minimum absolute atomic E-state index is 0.216. The topological polar surface area (TPSA) is 102 Å². The predicted octanol–water partition coefficient (Wildman–Crippen LogP) is 4.38. The first-order valence-corrected chi connectivity index (χ1v) is 12.9. The molecule has 0 radical (unpaired) electrons. The highest BCUT2D eigenvalue weighted by Crippen LogP contribution is 2.31. The van der Waals surface area contributed by atoms with Crippen molar-refractivity contribution in [2.24, 2.45) is 0 Å². The molecular weight excluding hydrogens is 497 g/mol. The fraction of sp³-hybridized carbons (Fsp3) is 0.250. The Bertz CT molecular complexity index is 1790. The van der Waals surface area contributed by atoms with Crippen LogP contribution in [0.5, 0.6) is 5.75 Å². The van der Waals surface area contributed by atoms with Crippen molar-refractivity contribution in [2.45, 2.75) is 25.3 Å². The number of piperidine rings is 1. The molecule has 39 heavy (non-hydrogen) atoms. The number of hydrogen-bond acceptors (Lipinski definition) is 7. The van der Waals surface area contributed by atoms with Gasteiger partial charge < -0.3 is 4.74 Å². The van der Waals surface area contributed by atoms with Gasteiger partial charge >= 0.3 is 0 Å². The zero-order valence-corrected chi connectivity index (χ0v) is 21.3. The van der Waals surface area contributed by atoms with Gasteiger partial charge in [0.25, 0.3) is 0 Å². The van der Waals surface area contributed by atoms with Crippen LogP contribution in [0.4, 0.5) is 4.39 Å². The Hall–Kier alpha value is -4.64. The van der Waals surface area contributed by atoms with E-state index in [0.717, 1.165) is 65.1 Å². The van der Waals surface area contributed by atoms with Crippen molar-refractivity contribution in [1.29, 1.82) is 0 Å². The molecule has 11 heteroatoms. The van der Waals surface area contributed by atoms with Crippen LogP contribution in [0, 0.1) is 5.82 Å². The normalized spacial score (nSPS) is 16.3. The number of aromatic amines is 1. The van der Waals surface area contributed by atoms with Crippen molar-refractivity contribution < 1.29 is 9.13 Å². The summed E-state index contributed by atoms with van der Waals surface area (Å²) in [5, 5.41) is 21.9. The largest absolute Gasteiger partial charge is 0.496 e. The number of fused-ring (bicyclic) bond motifs is 2. The fourth-order valence-corrected chi connectivity index (χ4v) is 5.46. The lowest BCUT2D eigenvalue weighted by Crippen LogP contribution is -2.34. The van der Waals surface area contributed by atoms with Gasteiger partial charge in [-0.1, -0.05) is 11.3 Å². The Kier molecular flexibility index (Phi) is 5.77. The monoisotopic (exact) mass is 523 g/mol. The predicted molar refractivity (Wildman–Crippen MR) is 143 cm³/mol. The molecule has 4 aromatic heterocycles. The van der Waals surface area contributed by atoms with Crippen LogP contribution in [0.3, 0.4) is 0 Å². The number of pyridine rings is 1. The summed E-state index contributed by atoms with van der Waals surface area (Å²) in [4.78, 5) is 6.48. The number of hydrogen-bond donors (Lipinski definition) is 1. The highest BCUT2D eigenvalue weighted by Gasteiger charge is 2.25. The van der Waals surface area contributed by atoms with Crippen molar-refractivity contribution in [3.8, 4) is 22.7 Å². The van der Waals surface area contributed by atoms with E-state index in [1.54, 1.807) is 23.8 Å². The molecule has 2 aromatic carbocycles. The van der Waals surface area contributed by atoms with Gasteiger partial charge in [-0.05, 0) is 61.9 Å². The van der Waals surface area contributed by atoms with Gasteiger partial charge in [0, 0.05) is 41.7 Å². The van der Waals surface area contributed by atoms with Crippen molar-refractivity contribution in [2.75, 3.05) is 20.2 Å². The van der Waals surface area contributed by atoms with E-state index in [-0.39, 0.29) is 11.7 Å². The molecule has 0 aliphatic carbocycles. The van der Waals surface area contributed by atoms with Gasteiger partial charge in [0.15, 0.2) is 5.65 Å². The molecular formula is C28H26FN9O. The Balaban J connectivity index is 1.14. The molecule has 196 valence electrons. The van der Waals surface area contributed by atoms with Crippen LogP contribution in [-0.4, -0.2) is 64.9 Å². The van der Waals surface area contributed by atoms with E-state index >= 15 is 0 Å². The second-order valence-electron chi connectivity index (χ2n) is 9.87. The van der Waals surface area contributed by atoms with Crippen LogP contribution < -0.4 is 4.74 Å². The first-order chi connectivity index (χ1) is 19.2. The molecule has 1 N–H and O–H groups in total. The summed E-state index contributed by atoms with van der Waals surface area (Å²) in [6, 6.07) is 14.9. The second kappa shape index (κ2) is 9.59. The molecule has 7 rings (SSSR count). The molecule has 0 unspecified atom stereocenters. The first kappa shape index (κ1) is 23.5. The minimum atomic E-state index is -0.238. The number of halogens is 1. The van der Waals surface area contributed by atoms with Crippen LogP contribution in [0.2, 0.25) is 0 Å². The van der Waals surface area contributed by atoms with Gasteiger partial charge in [-0.25, -0.2) is 18.6 Å². The summed E-state index contributed by atoms with van der Waals surface area (Å²) >= 11 is 0. The van der Waals surface area contributed by atoms with Crippen molar-refractivity contribution >= 4 is 16.6 Å². The third kappa shape index (κ3) is 4.30. The number of likely N-dealkylation sites (tertiary alicyclic amines) is 1. The van der Waals surface area contributed by atoms with Crippen LogP contribution in [0.1, 0.15) is 30.0 Å². The molecule has 0 bridgehead atoms. The van der Waals surface area contributed by atoms with Gasteiger partial charge in [0.2, 0.25) is 0 Å². The Morgan fingerprint density at radius 3 is 3.00 bits per heavy atom. The number of aromatic nitrogens is 8. The standard InChI is InChI=1S/C28H26FN9O/c1-39-26-6-2-5-23(29)22(26)15-36-11-3-4-18(13-36)25-16-37(35-33-25)20-8-9-24-21(12-20)28(34-32-24)19-7-10-27-30-17-31-38(27)14-19/h2,5-10,12,14,16-18H,3-4,11,13,15H2,1H3,(H,32,34)/t18-/m1/s1. The molecule has 1 fully saturated rings. The molecule has 0 spiro atoms. The van der Waals surface area contributed by atoms with E-state index in [2.05, 4.69) is 41.6 Å². The number of nitrogens with one attached hydrogen (secondary N) is 1. The molecule has 0 amide bonds. The van der Waals surface area contributed by atoms with Crippen LogP contribution >= 0.6 is 0 Å². The number of nitrogens with zero attached hydrogens (tertiary/aromatic N) is 8. The maximum Gasteiger partial charge on any atom is 0.155 e. The second-order valence-corrected chi connectivity index (χ2v) is 9.87. The Morgan fingerprint density at radius 1 is 1.13 bits per heavy atom. The van der Waals surface area contributed by atoms with E-state index in [0.29, 0.717) is 17.9 Å². The summed E-state index contributed by atoms with van der Waals surface area (Å²) in [6.07, 6.45) is 7.47. The molecule has 1 saturated heterocycles. The Morgan fingerprint density at radius 2 is 2.08 bits per heavy atom. The fourth-order valence-electron chi connectivity index (χ4n) is 5.46. The SMILES string of the molecule is COc1cccc(F)c1CN1CCC[C@@H](c2cn(-c3ccc4[nH]nc(-c5ccc6ncnn6c5)c4c3)nn2)C1. The lowest BCUT2D eigenvalue weighted by molar-refractivity contribution is 0.194. The molecule has 1 aliphatic heterocycles. The smallest absolute Gasteiger partial charge is 0.155 e. The average Bonchev–Trinajstić information content (AvgIpc) is 3.73. The Labute approximate surface area is 223 Å². The lowest BCUT2D eigenvalue weighted by atomic mass is 9.95. The van der Waals surface area contributed by atoms with Gasteiger partial charge in [-0.2, -0.15) is 10.2 Å². The molecule has 5 heterocycles. The average molecular weight is 524 g/mol. The van der Waals surface area contributed by atoms with Gasteiger partial charge in [-0.15, -0.1) is 5.10 Å². The van der Waals surface area contributed by atoms with Crippen LogP contribution in [0.25, 0.3) is 33.5 Å². The quantitative estimate of drug-likeness (QED) is 0.346. The van der Waals surface area contributed by atoms with Gasteiger partial charge in [0.1, 0.15) is 23.6 Å². The number of methoxy groups -OCH3 is 1. The van der Waals surface area contributed by atoms with Crippen molar-refractivity contribution in [3.63, 3.8) is 0 Å². The zero-order valence-electron chi connectivity index (χ0n) is 21.3. The van der Waals surface area contributed by atoms with Crippen LogP contribution in [0.15, 0.2) is 67.3 Å². The van der Waals surface area contributed by atoms with Crippen molar-refractivity contribution in [3.05, 3.63) is 84.3 Å². The third-order valence-electron chi connectivity index (χ3n) is 7.47. The zero-order chi connectivity index (χ0) is 26.3. The van der Waals surface area contributed by atoms with E-state index in [1.165, 1.54) is 12.4 Å². The van der Waals surface area contributed by atoms with E-state index < -0.39 is 0 Å². The minimum Gasteiger partial charge on any atom is -0.496 e. The lowest BCUT2D eigenvalue weighted by Gasteiger charge is -2.32. The van der Waals surface area contributed by atoms with Crippen molar-refractivity contribution in [1.82, 2.24) is 44.7 Å². The highest BCUT2D eigenvalue weighted by molar-refractivity contribution is 5.94. The van der Waals surface area contributed by atoms with E-state index in [1.807, 2.05) is 41.3 Å². The number of benzene rings is 2. The third-order valence-corrected chi connectivity index (χ3v) is 7.47. The summed E-state index contributed by atoms with van der Waals surface area (Å²) in [5.74, 6) is 0.559. The van der Waals surface area contributed by atoms with Crippen LogP contribution in [-0.2, 0) is 6.54 Å². The van der Waals surface area contributed by atoms with E-state index in [9.17, 15) is 4.39 Å². The maximum absolute atomic E-state index is 14.5. The summed E-state index contributed by atoms with van der Waals surface area (Å²) in [7, 11) is 1.58. The maximum atomic E-state index is 14.5. The summed E-state index contributed by atoms with van der Waals surface area (Å²) < 4.78 is 23.5. The van der Waals surface area contributed by atoms with E-state index in [4.69, 9.17) is 4.74 Å². The summed E-state index contributed by atoms with van der Waals surface area (Å²) in [5.41, 5.74) is 5.90. The first-order valence-electron chi connectivity index (χ1n) is 12.9. The molecule has 0 saturated carbocycles. The van der Waals surface area contributed by atoms with Gasteiger partial charge in [-0.3, -0.25) is 10.00 Å². The summed E-state index contributed by atoms with van der Waals surface area (Å²) in [6.45, 7) is 2.19. The molecule has 1 aliphatic rings. The molecule has 1 atom stereocenters. The number of H-pyrrole nitrogens is 1. The highest BCUT2D eigenvalue weighted by atomic mass is 19.1. The van der Waals surface area contributed by atoms with Gasteiger partial charge in [0.05, 0.1) is 30.2 Å². The molecule has 6 aromatic rings. The number of rotatable bonds is 6. The number of ether oxygens (including phenoxy) is 1.